The molecule has 2 aromatic heterocycles. The zero-order valence-electron chi connectivity index (χ0n) is 14.1. The maximum Gasteiger partial charge on any atom is 0.342 e. The van der Waals surface area contributed by atoms with E-state index in [9.17, 15) is 13.2 Å². The quantitative estimate of drug-likeness (QED) is 0.834. The van der Waals surface area contributed by atoms with Gasteiger partial charge in [-0.3, -0.25) is 9.52 Å². The van der Waals surface area contributed by atoms with Gasteiger partial charge in [0.25, 0.3) is 0 Å². The molecule has 0 aromatic carbocycles. The summed E-state index contributed by atoms with van der Waals surface area (Å²) >= 11 is 0. The lowest BCUT2D eigenvalue weighted by atomic mass is 10.1. The SMILES string of the molecule is CC1=NS(=O)(=O)NC(C)=C1CC(=O)OCc1cn2cc(C)ccc2n1. The number of nitrogens with zero attached hydrogens (tertiary/aromatic N) is 3. The number of nitrogens with one attached hydrogen (secondary N) is 1. The summed E-state index contributed by atoms with van der Waals surface area (Å²) in [7, 11) is -3.71. The van der Waals surface area contributed by atoms with Crippen molar-refractivity contribution in [2.75, 3.05) is 0 Å². The van der Waals surface area contributed by atoms with Crippen LogP contribution in [0.15, 0.2) is 40.2 Å². The van der Waals surface area contributed by atoms with Crippen LogP contribution in [0.1, 0.15) is 31.5 Å². The van der Waals surface area contributed by atoms with Crippen molar-refractivity contribution in [1.82, 2.24) is 14.1 Å². The number of aromatic nitrogens is 2. The van der Waals surface area contributed by atoms with E-state index in [-0.39, 0.29) is 18.7 Å². The molecule has 3 rings (SSSR count). The van der Waals surface area contributed by atoms with Crippen molar-refractivity contribution in [1.29, 1.82) is 0 Å². The lowest BCUT2D eigenvalue weighted by Crippen LogP contribution is -2.28. The van der Waals surface area contributed by atoms with E-state index in [1.165, 1.54) is 0 Å². The second-order valence-electron chi connectivity index (χ2n) is 5.90. The third kappa shape index (κ3) is 3.87. The Labute approximate surface area is 145 Å². The predicted octanol–water partition coefficient (Wildman–Crippen LogP) is 1.66. The van der Waals surface area contributed by atoms with Gasteiger partial charge in [0.05, 0.1) is 17.8 Å². The molecular weight excluding hydrogens is 344 g/mol. The molecule has 132 valence electrons. The minimum atomic E-state index is -3.71. The molecule has 0 unspecified atom stereocenters. The number of fused-ring (bicyclic) bond motifs is 1. The monoisotopic (exact) mass is 362 g/mol. The number of hydrogen-bond donors (Lipinski definition) is 1. The van der Waals surface area contributed by atoms with Crippen LogP contribution in [-0.4, -0.2) is 29.5 Å². The summed E-state index contributed by atoms with van der Waals surface area (Å²) in [6.07, 6.45) is 3.69. The lowest BCUT2D eigenvalue weighted by molar-refractivity contribution is -0.144. The molecule has 25 heavy (non-hydrogen) atoms. The number of aryl methyl sites for hydroxylation is 1. The summed E-state index contributed by atoms with van der Waals surface area (Å²) in [4.78, 5) is 16.5. The maximum atomic E-state index is 12.1. The standard InChI is InChI=1S/C16H18N4O4S/c1-10-4-5-15-17-13(8-20(15)7-10)9-24-16(21)6-14-11(2)18-25(22,23)19-12(14)3/h4-5,7-8,18H,6,9H2,1-3H3. The van der Waals surface area contributed by atoms with Crippen molar-refractivity contribution in [3.8, 4) is 0 Å². The van der Waals surface area contributed by atoms with Crippen molar-refractivity contribution in [2.45, 2.75) is 33.8 Å². The van der Waals surface area contributed by atoms with Gasteiger partial charge in [0, 0.05) is 23.7 Å². The zero-order valence-corrected chi connectivity index (χ0v) is 14.9. The van der Waals surface area contributed by atoms with Gasteiger partial charge in [0.1, 0.15) is 12.3 Å². The molecular formula is C16H18N4O4S. The van der Waals surface area contributed by atoms with Crippen LogP contribution in [0.25, 0.3) is 5.65 Å². The predicted molar refractivity (Wildman–Crippen MR) is 92.2 cm³/mol. The molecule has 8 nitrogen and oxygen atoms in total. The molecule has 0 bridgehead atoms. The normalized spacial score (nSPS) is 16.5. The Balaban J connectivity index is 1.65. The smallest absolute Gasteiger partial charge is 0.342 e. The molecule has 0 saturated heterocycles. The molecule has 1 aliphatic rings. The van der Waals surface area contributed by atoms with E-state index in [1.807, 2.05) is 35.9 Å². The van der Waals surface area contributed by atoms with E-state index < -0.39 is 16.2 Å². The molecule has 1 N–H and O–H groups in total. The highest BCUT2D eigenvalue weighted by Crippen LogP contribution is 2.17. The van der Waals surface area contributed by atoms with Crippen molar-refractivity contribution in [3.05, 3.63) is 47.1 Å². The van der Waals surface area contributed by atoms with Crippen LogP contribution in [0.5, 0.6) is 0 Å². The number of carbonyl (C=O) groups is 1. The summed E-state index contributed by atoms with van der Waals surface area (Å²) < 4.78 is 35.9. The second kappa shape index (κ2) is 6.32. The number of hydrogen-bond acceptors (Lipinski definition) is 5. The summed E-state index contributed by atoms with van der Waals surface area (Å²) in [5, 5.41) is 0. The molecule has 0 saturated carbocycles. The van der Waals surface area contributed by atoms with E-state index in [2.05, 4.69) is 14.1 Å². The molecule has 2 aromatic rings. The van der Waals surface area contributed by atoms with E-state index in [0.717, 1.165) is 11.2 Å². The molecule has 0 aliphatic carbocycles. The Morgan fingerprint density at radius 3 is 2.72 bits per heavy atom. The van der Waals surface area contributed by atoms with Crippen LogP contribution < -0.4 is 4.72 Å². The first kappa shape index (κ1) is 17.2. The average molecular weight is 362 g/mol. The van der Waals surface area contributed by atoms with Crippen molar-refractivity contribution in [3.63, 3.8) is 0 Å². The number of pyridine rings is 1. The summed E-state index contributed by atoms with van der Waals surface area (Å²) in [6, 6.07) is 3.85. The summed E-state index contributed by atoms with van der Waals surface area (Å²) in [6.45, 7) is 5.17. The highest BCUT2D eigenvalue weighted by Gasteiger charge is 2.22. The van der Waals surface area contributed by atoms with Crippen LogP contribution >= 0.6 is 0 Å². The van der Waals surface area contributed by atoms with Crippen LogP contribution in [0.3, 0.4) is 0 Å². The minimum Gasteiger partial charge on any atom is -0.459 e. The third-order valence-corrected chi connectivity index (χ3v) is 4.86. The van der Waals surface area contributed by atoms with Crippen molar-refractivity contribution < 1.29 is 17.9 Å². The van der Waals surface area contributed by atoms with E-state index >= 15 is 0 Å². The Kier molecular flexibility index (Phi) is 4.34. The Morgan fingerprint density at radius 1 is 1.24 bits per heavy atom. The number of esters is 1. The lowest BCUT2D eigenvalue weighted by Gasteiger charge is -2.17. The van der Waals surface area contributed by atoms with E-state index in [0.29, 0.717) is 17.0 Å². The maximum absolute atomic E-state index is 12.1. The fraction of sp³-hybridized carbons (Fsp3) is 0.312. The van der Waals surface area contributed by atoms with Gasteiger partial charge in [-0.05, 0) is 32.4 Å². The van der Waals surface area contributed by atoms with Crippen LogP contribution in [0.2, 0.25) is 0 Å². The fourth-order valence-corrected chi connectivity index (χ4v) is 3.65. The highest BCUT2D eigenvalue weighted by molar-refractivity contribution is 7.88. The molecule has 1 aliphatic heterocycles. The summed E-state index contributed by atoms with van der Waals surface area (Å²) in [5.41, 5.74) is 3.71. The van der Waals surface area contributed by atoms with Gasteiger partial charge >= 0.3 is 16.2 Å². The van der Waals surface area contributed by atoms with Gasteiger partial charge in [0.2, 0.25) is 0 Å². The minimum absolute atomic E-state index is 0.0494. The van der Waals surface area contributed by atoms with Gasteiger partial charge < -0.3 is 9.14 Å². The summed E-state index contributed by atoms with van der Waals surface area (Å²) in [5.74, 6) is -0.474. The third-order valence-electron chi connectivity index (χ3n) is 3.78. The first-order chi connectivity index (χ1) is 11.7. The Morgan fingerprint density at radius 2 is 2.00 bits per heavy atom. The van der Waals surface area contributed by atoms with E-state index in [1.54, 1.807) is 13.8 Å². The number of rotatable bonds is 4. The highest BCUT2D eigenvalue weighted by atomic mass is 32.2. The van der Waals surface area contributed by atoms with Crippen molar-refractivity contribution >= 4 is 27.5 Å². The molecule has 0 fully saturated rings. The molecule has 3 heterocycles. The van der Waals surface area contributed by atoms with Gasteiger partial charge in [-0.1, -0.05) is 6.07 Å². The van der Waals surface area contributed by atoms with Gasteiger partial charge in [0.15, 0.2) is 0 Å². The zero-order chi connectivity index (χ0) is 18.2. The van der Waals surface area contributed by atoms with Gasteiger partial charge in [-0.25, -0.2) is 4.98 Å². The first-order valence-corrected chi connectivity index (χ1v) is 9.07. The van der Waals surface area contributed by atoms with Gasteiger partial charge in [-0.2, -0.15) is 8.42 Å². The number of allylic oxidation sites excluding steroid dienone is 1. The molecule has 0 atom stereocenters. The number of carbonyl (C=O) groups excluding carboxylic acids is 1. The molecule has 0 amide bonds. The van der Waals surface area contributed by atoms with Gasteiger partial charge in [-0.15, -0.1) is 4.40 Å². The topological polar surface area (TPSA) is 102 Å². The van der Waals surface area contributed by atoms with Crippen LogP contribution in [0.4, 0.5) is 0 Å². The largest absolute Gasteiger partial charge is 0.459 e. The molecule has 0 spiro atoms. The number of imidazole rings is 1. The van der Waals surface area contributed by atoms with E-state index in [4.69, 9.17) is 4.74 Å². The van der Waals surface area contributed by atoms with Crippen molar-refractivity contribution in [2.24, 2.45) is 4.40 Å². The Hall–Kier alpha value is -2.68. The van der Waals surface area contributed by atoms with Crippen LogP contribution in [-0.2, 0) is 26.3 Å². The average Bonchev–Trinajstić information content (AvgIpc) is 2.90. The number of ether oxygens (including phenoxy) is 1. The second-order valence-corrected chi connectivity index (χ2v) is 7.24. The molecule has 9 heteroatoms. The molecule has 0 radical (unpaired) electrons. The first-order valence-electron chi connectivity index (χ1n) is 7.63. The Bertz CT molecular complexity index is 1020. The fourth-order valence-electron chi connectivity index (χ4n) is 2.62. The van der Waals surface area contributed by atoms with Crippen LogP contribution in [0, 0.1) is 6.92 Å².